The first-order valence-corrected chi connectivity index (χ1v) is 3.61. The Morgan fingerprint density at radius 3 is 1.12 bits per heavy atom. The number of halogens is 8. The second kappa shape index (κ2) is 3.69. The van der Waals surface area contributed by atoms with E-state index in [0.717, 1.165) is 0 Å². The molecule has 0 radical (unpaired) electrons. The van der Waals surface area contributed by atoms with Crippen molar-refractivity contribution >= 4 is 0 Å². The Hall–Kier alpha value is -0.640. The van der Waals surface area contributed by atoms with Gasteiger partial charge in [0.1, 0.15) is 6.10 Å². The molecule has 0 saturated heterocycles. The van der Waals surface area contributed by atoms with Gasteiger partial charge in [-0.1, -0.05) is 0 Å². The van der Waals surface area contributed by atoms with Crippen LogP contribution >= 0.6 is 0 Å². The number of alkyl halides is 8. The monoisotopic (exact) mass is 262 g/mol. The minimum absolute atomic E-state index is 0.00243. The summed E-state index contributed by atoms with van der Waals surface area (Å²) in [5.41, 5.74) is -6.29. The highest BCUT2D eigenvalue weighted by Crippen LogP contribution is 2.52. The molecule has 2 N–H and O–H groups in total. The van der Waals surface area contributed by atoms with Crippen LogP contribution in [0.5, 0.6) is 0 Å². The molecule has 2 nitrogen and oxygen atoms in total. The minimum atomic E-state index is -6.67. The van der Waals surface area contributed by atoms with E-state index in [1.54, 1.807) is 0 Å². The van der Waals surface area contributed by atoms with Gasteiger partial charge in [-0.25, -0.2) is 0 Å². The van der Waals surface area contributed by atoms with Crippen LogP contribution in [0.15, 0.2) is 0 Å². The summed E-state index contributed by atoms with van der Waals surface area (Å²) in [6.45, 7) is 0.00243. The summed E-state index contributed by atoms with van der Waals surface area (Å²) < 4.78 is 96.7. The first-order chi connectivity index (χ1) is 6.69. The van der Waals surface area contributed by atoms with Crippen LogP contribution in [0.3, 0.4) is 0 Å². The quantitative estimate of drug-likeness (QED) is 0.746. The first-order valence-electron chi connectivity index (χ1n) is 3.61. The molecule has 0 heterocycles. The Balaban J connectivity index is 5.81. The molecule has 0 bridgehead atoms. The second-order valence-corrected chi connectivity index (χ2v) is 3.00. The molecule has 0 aromatic carbocycles. The highest BCUT2D eigenvalue weighted by atomic mass is 19.4. The van der Waals surface area contributed by atoms with E-state index in [-0.39, 0.29) is 6.92 Å². The number of rotatable bonds is 2. The van der Waals surface area contributed by atoms with Crippen molar-refractivity contribution in [2.24, 2.45) is 0 Å². The van der Waals surface area contributed by atoms with E-state index in [1.165, 1.54) is 0 Å². The van der Waals surface area contributed by atoms with Crippen molar-refractivity contribution in [2.45, 2.75) is 36.9 Å². The van der Waals surface area contributed by atoms with Crippen molar-refractivity contribution in [1.29, 1.82) is 0 Å². The lowest BCUT2D eigenvalue weighted by molar-refractivity contribution is -0.432. The molecule has 1 unspecified atom stereocenters. The molecule has 0 aliphatic heterocycles. The summed E-state index contributed by atoms with van der Waals surface area (Å²) in [6, 6.07) is 0. The molecule has 16 heavy (non-hydrogen) atoms. The molecule has 0 saturated carbocycles. The van der Waals surface area contributed by atoms with Gasteiger partial charge in [-0.2, -0.15) is 35.1 Å². The van der Waals surface area contributed by atoms with Crippen molar-refractivity contribution in [3.8, 4) is 0 Å². The first kappa shape index (κ1) is 15.4. The maximum absolute atomic E-state index is 12.6. The Labute approximate surface area is 83.5 Å². The van der Waals surface area contributed by atoms with Crippen LogP contribution in [0.2, 0.25) is 0 Å². The predicted molar refractivity (Wildman–Crippen MR) is 33.7 cm³/mol. The third kappa shape index (κ3) is 1.95. The summed E-state index contributed by atoms with van der Waals surface area (Å²) in [5, 5.41) is 16.5. The van der Waals surface area contributed by atoms with E-state index in [9.17, 15) is 35.1 Å². The van der Waals surface area contributed by atoms with Gasteiger partial charge < -0.3 is 10.2 Å². The van der Waals surface area contributed by atoms with Crippen LogP contribution in [0.4, 0.5) is 35.1 Å². The van der Waals surface area contributed by atoms with Gasteiger partial charge in [-0.3, -0.25) is 0 Å². The van der Waals surface area contributed by atoms with Crippen molar-refractivity contribution in [1.82, 2.24) is 0 Å². The largest absolute Gasteiger partial charge is 0.432 e. The smallest absolute Gasteiger partial charge is 0.387 e. The fourth-order valence-electron chi connectivity index (χ4n) is 0.841. The molecule has 0 aromatic heterocycles. The molecule has 98 valence electrons. The minimum Gasteiger partial charge on any atom is -0.387 e. The lowest BCUT2D eigenvalue weighted by Gasteiger charge is -2.39. The third-order valence-corrected chi connectivity index (χ3v) is 1.83. The zero-order valence-corrected chi connectivity index (χ0v) is 7.50. The van der Waals surface area contributed by atoms with Gasteiger partial charge in [-0.15, -0.1) is 0 Å². The lowest BCUT2D eigenvalue weighted by atomic mass is 9.90. The van der Waals surface area contributed by atoms with Gasteiger partial charge in [0, 0.05) is 0 Å². The van der Waals surface area contributed by atoms with Crippen LogP contribution in [-0.2, 0) is 0 Å². The summed E-state index contributed by atoms with van der Waals surface area (Å²) in [6.07, 6.45) is -16.7. The molecule has 0 fully saturated rings. The Morgan fingerprint density at radius 2 is 1.06 bits per heavy atom. The highest BCUT2D eigenvalue weighted by molar-refractivity contribution is 5.06. The Bertz CT molecular complexity index is 238. The number of aliphatic hydroxyl groups excluding tert-OH is 1. The summed E-state index contributed by atoms with van der Waals surface area (Å²) in [7, 11) is 0. The van der Waals surface area contributed by atoms with Crippen LogP contribution in [0, 0.1) is 0 Å². The molecule has 0 aromatic rings. The predicted octanol–water partition coefficient (Wildman–Crippen LogP) is 1.86. The molecule has 0 amide bonds. The van der Waals surface area contributed by atoms with Crippen LogP contribution in [0.1, 0.15) is 6.92 Å². The standard InChI is InChI=1S/C6H6F8O2/c1-2(15)3(7,8)4(16,5(9,10)11)6(12,13)14/h2,15-16H,1H3. The van der Waals surface area contributed by atoms with Crippen molar-refractivity contribution in [3.63, 3.8) is 0 Å². The van der Waals surface area contributed by atoms with Crippen LogP contribution < -0.4 is 0 Å². The number of hydrogen-bond donors (Lipinski definition) is 2. The molecule has 0 spiro atoms. The molecule has 0 aliphatic carbocycles. The normalized spacial score (nSPS) is 17.4. The lowest BCUT2D eigenvalue weighted by Crippen LogP contribution is -2.70. The van der Waals surface area contributed by atoms with Crippen LogP contribution in [0.25, 0.3) is 0 Å². The van der Waals surface area contributed by atoms with Gasteiger partial charge in [0.05, 0.1) is 0 Å². The molecular weight excluding hydrogens is 256 g/mol. The number of aliphatic hydroxyl groups is 2. The molecule has 0 rings (SSSR count). The van der Waals surface area contributed by atoms with E-state index >= 15 is 0 Å². The number of hydrogen-bond acceptors (Lipinski definition) is 2. The fraction of sp³-hybridized carbons (Fsp3) is 1.00. The van der Waals surface area contributed by atoms with E-state index in [2.05, 4.69) is 0 Å². The van der Waals surface area contributed by atoms with E-state index in [0.29, 0.717) is 0 Å². The van der Waals surface area contributed by atoms with Crippen molar-refractivity contribution in [3.05, 3.63) is 0 Å². The van der Waals surface area contributed by atoms with E-state index < -0.39 is 30.0 Å². The van der Waals surface area contributed by atoms with Gasteiger partial charge in [0.15, 0.2) is 0 Å². The van der Waals surface area contributed by atoms with Gasteiger partial charge in [0.2, 0.25) is 0 Å². The second-order valence-electron chi connectivity index (χ2n) is 3.00. The zero-order valence-electron chi connectivity index (χ0n) is 7.50. The topological polar surface area (TPSA) is 40.5 Å². The highest BCUT2D eigenvalue weighted by Gasteiger charge is 2.83. The zero-order chi connectivity index (χ0) is 13.6. The summed E-state index contributed by atoms with van der Waals surface area (Å²) in [4.78, 5) is 0. The molecular formula is C6H6F8O2. The van der Waals surface area contributed by atoms with Gasteiger partial charge >= 0.3 is 23.9 Å². The van der Waals surface area contributed by atoms with Crippen LogP contribution in [-0.4, -0.2) is 40.2 Å². The average Bonchev–Trinajstić information content (AvgIpc) is 1.97. The Morgan fingerprint density at radius 1 is 0.812 bits per heavy atom. The van der Waals surface area contributed by atoms with Gasteiger partial charge in [0.25, 0.3) is 0 Å². The maximum atomic E-state index is 12.6. The van der Waals surface area contributed by atoms with E-state index in [4.69, 9.17) is 10.2 Å². The molecule has 0 aliphatic rings. The van der Waals surface area contributed by atoms with Crippen molar-refractivity contribution in [2.75, 3.05) is 0 Å². The van der Waals surface area contributed by atoms with Crippen molar-refractivity contribution < 1.29 is 45.3 Å². The van der Waals surface area contributed by atoms with E-state index in [1.807, 2.05) is 0 Å². The molecule has 10 heteroatoms. The summed E-state index contributed by atoms with van der Waals surface area (Å²) >= 11 is 0. The third-order valence-electron chi connectivity index (χ3n) is 1.83. The Kier molecular flexibility index (Phi) is 3.54. The van der Waals surface area contributed by atoms with Gasteiger partial charge in [-0.05, 0) is 6.92 Å². The SMILES string of the molecule is CC(O)C(F)(F)C(O)(C(F)(F)F)C(F)(F)F. The average molecular weight is 262 g/mol. The summed E-state index contributed by atoms with van der Waals surface area (Å²) in [5.74, 6) is -5.82. The molecule has 1 atom stereocenters. The maximum Gasteiger partial charge on any atom is 0.432 e. The fourth-order valence-corrected chi connectivity index (χ4v) is 0.841.